The van der Waals surface area contributed by atoms with E-state index in [0.29, 0.717) is 11.8 Å². The third kappa shape index (κ3) is 3.17. The van der Waals surface area contributed by atoms with E-state index in [1.165, 1.54) is 10.4 Å². The van der Waals surface area contributed by atoms with Gasteiger partial charge >= 0.3 is 0 Å². The molecule has 0 bridgehead atoms. The number of hydrogen-bond donors (Lipinski definition) is 1. The molecule has 0 atom stereocenters. The monoisotopic (exact) mass is 265 g/mol. The molecule has 0 spiro atoms. The Balaban J connectivity index is 1.97. The number of thiophene rings is 1. The maximum absolute atomic E-state index is 5.67. The van der Waals surface area contributed by atoms with Crippen LogP contribution in [0.15, 0.2) is 10.5 Å². The second-order valence-electron chi connectivity index (χ2n) is 4.35. The molecule has 2 aromatic heterocycles. The zero-order valence-electron chi connectivity index (χ0n) is 11.1. The van der Waals surface area contributed by atoms with Gasteiger partial charge in [0, 0.05) is 17.8 Å². The number of nitrogens with zero attached hydrogens (tertiary/aromatic N) is 2. The van der Waals surface area contributed by atoms with E-state index in [4.69, 9.17) is 4.42 Å². The minimum atomic E-state index is 0.640. The van der Waals surface area contributed by atoms with Crippen LogP contribution in [0.1, 0.15) is 29.7 Å². The lowest BCUT2D eigenvalue weighted by Gasteiger charge is -1.98. The molecular formula is C13H19N3OS. The second kappa shape index (κ2) is 6.11. The van der Waals surface area contributed by atoms with Crippen molar-refractivity contribution in [3.8, 4) is 10.8 Å². The topological polar surface area (TPSA) is 51.0 Å². The quantitative estimate of drug-likeness (QED) is 0.816. The van der Waals surface area contributed by atoms with Crippen LogP contribution in [0.4, 0.5) is 0 Å². The summed E-state index contributed by atoms with van der Waals surface area (Å²) in [6.07, 6.45) is 1.93. The Bertz CT molecular complexity index is 485. The number of rotatable bonds is 6. The Labute approximate surface area is 111 Å². The molecule has 98 valence electrons. The Kier molecular flexibility index (Phi) is 4.49. The number of aromatic nitrogens is 2. The first-order valence-corrected chi connectivity index (χ1v) is 7.13. The molecule has 2 heterocycles. The van der Waals surface area contributed by atoms with Crippen molar-refractivity contribution in [2.45, 2.75) is 33.6 Å². The summed E-state index contributed by atoms with van der Waals surface area (Å²) in [5.74, 6) is 1.35. The van der Waals surface area contributed by atoms with Gasteiger partial charge in [0.2, 0.25) is 5.89 Å². The highest BCUT2D eigenvalue weighted by Gasteiger charge is 2.11. The molecular weight excluding hydrogens is 246 g/mol. The predicted octanol–water partition coefficient (Wildman–Crippen LogP) is 2.96. The summed E-state index contributed by atoms with van der Waals surface area (Å²) in [5.41, 5.74) is 1.28. The van der Waals surface area contributed by atoms with Crippen LogP contribution in [-0.4, -0.2) is 23.3 Å². The Morgan fingerprint density at radius 3 is 2.78 bits per heavy atom. The van der Waals surface area contributed by atoms with Crippen molar-refractivity contribution in [1.29, 1.82) is 0 Å². The van der Waals surface area contributed by atoms with Crippen molar-refractivity contribution in [1.82, 2.24) is 15.5 Å². The van der Waals surface area contributed by atoms with Gasteiger partial charge < -0.3 is 9.73 Å². The van der Waals surface area contributed by atoms with Crippen LogP contribution >= 0.6 is 11.3 Å². The van der Waals surface area contributed by atoms with Gasteiger partial charge in [0.15, 0.2) is 0 Å². The second-order valence-corrected chi connectivity index (χ2v) is 5.61. The number of aryl methyl sites for hydroxylation is 2. The van der Waals surface area contributed by atoms with Crippen LogP contribution in [0.25, 0.3) is 10.8 Å². The van der Waals surface area contributed by atoms with Gasteiger partial charge in [0.25, 0.3) is 5.89 Å². The highest BCUT2D eigenvalue weighted by atomic mass is 32.1. The molecule has 0 saturated heterocycles. The average Bonchev–Trinajstić information content (AvgIpc) is 2.93. The molecule has 0 amide bonds. The highest BCUT2D eigenvalue weighted by molar-refractivity contribution is 7.15. The van der Waals surface area contributed by atoms with E-state index in [1.54, 1.807) is 11.3 Å². The van der Waals surface area contributed by atoms with Crippen molar-refractivity contribution in [2.24, 2.45) is 0 Å². The Morgan fingerprint density at radius 2 is 2.11 bits per heavy atom. The van der Waals surface area contributed by atoms with Gasteiger partial charge in [-0.1, -0.05) is 6.92 Å². The zero-order chi connectivity index (χ0) is 13.0. The fourth-order valence-electron chi connectivity index (χ4n) is 1.63. The van der Waals surface area contributed by atoms with E-state index in [2.05, 4.69) is 42.4 Å². The molecule has 0 fully saturated rings. The lowest BCUT2D eigenvalue weighted by atomic mass is 10.3. The van der Waals surface area contributed by atoms with Gasteiger partial charge in [-0.15, -0.1) is 21.5 Å². The molecule has 0 unspecified atom stereocenters. The molecule has 4 nitrogen and oxygen atoms in total. The minimum absolute atomic E-state index is 0.640. The van der Waals surface area contributed by atoms with Gasteiger partial charge in [-0.25, -0.2) is 0 Å². The van der Waals surface area contributed by atoms with Gasteiger partial charge in [-0.3, -0.25) is 0 Å². The predicted molar refractivity (Wildman–Crippen MR) is 73.9 cm³/mol. The Morgan fingerprint density at radius 1 is 1.28 bits per heavy atom. The van der Waals surface area contributed by atoms with Crippen molar-refractivity contribution >= 4 is 11.3 Å². The van der Waals surface area contributed by atoms with Crippen LogP contribution < -0.4 is 5.32 Å². The first-order chi connectivity index (χ1) is 8.70. The third-order valence-electron chi connectivity index (χ3n) is 2.79. The molecule has 0 aliphatic heterocycles. The number of nitrogens with one attached hydrogen (secondary N) is 1. The van der Waals surface area contributed by atoms with E-state index < -0.39 is 0 Å². The summed E-state index contributed by atoms with van der Waals surface area (Å²) in [6, 6.07) is 2.10. The summed E-state index contributed by atoms with van der Waals surface area (Å²) < 4.78 is 5.67. The molecule has 2 rings (SSSR count). The molecule has 0 aliphatic carbocycles. The van der Waals surface area contributed by atoms with Gasteiger partial charge in [0.1, 0.15) is 0 Å². The van der Waals surface area contributed by atoms with E-state index in [-0.39, 0.29) is 0 Å². The maximum atomic E-state index is 5.67. The third-order valence-corrected chi connectivity index (χ3v) is 3.93. The van der Waals surface area contributed by atoms with Gasteiger partial charge in [-0.2, -0.15) is 0 Å². The smallest absolute Gasteiger partial charge is 0.257 e. The summed E-state index contributed by atoms with van der Waals surface area (Å²) in [6.45, 7) is 8.28. The standard InChI is InChI=1S/C13H19N3OS/c1-4-6-14-7-5-12-15-16-13(17-12)11-8-9(2)10(3)18-11/h8,14H,4-7H2,1-3H3. The fourth-order valence-corrected chi connectivity index (χ4v) is 2.59. The maximum Gasteiger partial charge on any atom is 0.257 e. The van der Waals surface area contributed by atoms with Gasteiger partial charge in [-0.05, 0) is 38.4 Å². The van der Waals surface area contributed by atoms with Crippen molar-refractivity contribution in [2.75, 3.05) is 13.1 Å². The SMILES string of the molecule is CCCNCCc1nnc(-c2cc(C)c(C)s2)o1. The Hall–Kier alpha value is -1.20. The molecule has 5 heteroatoms. The lowest BCUT2D eigenvalue weighted by molar-refractivity contribution is 0.495. The van der Waals surface area contributed by atoms with Crippen LogP contribution in [0, 0.1) is 13.8 Å². The lowest BCUT2D eigenvalue weighted by Crippen LogP contribution is -2.17. The van der Waals surface area contributed by atoms with E-state index in [0.717, 1.165) is 30.8 Å². The fraction of sp³-hybridized carbons (Fsp3) is 0.538. The highest BCUT2D eigenvalue weighted by Crippen LogP contribution is 2.29. The molecule has 1 N–H and O–H groups in total. The number of hydrogen-bond acceptors (Lipinski definition) is 5. The van der Waals surface area contributed by atoms with Gasteiger partial charge in [0.05, 0.1) is 4.88 Å². The normalized spacial score (nSPS) is 11.1. The first-order valence-electron chi connectivity index (χ1n) is 6.31. The van der Waals surface area contributed by atoms with Crippen LogP contribution in [0.2, 0.25) is 0 Å². The van der Waals surface area contributed by atoms with Crippen LogP contribution in [0.3, 0.4) is 0 Å². The van der Waals surface area contributed by atoms with Crippen molar-refractivity contribution in [3.05, 3.63) is 22.4 Å². The minimum Gasteiger partial charge on any atom is -0.420 e. The molecule has 18 heavy (non-hydrogen) atoms. The summed E-state index contributed by atoms with van der Waals surface area (Å²) >= 11 is 1.70. The summed E-state index contributed by atoms with van der Waals surface area (Å²) in [7, 11) is 0. The van der Waals surface area contributed by atoms with Crippen LogP contribution in [0.5, 0.6) is 0 Å². The largest absolute Gasteiger partial charge is 0.420 e. The zero-order valence-corrected chi connectivity index (χ0v) is 11.9. The average molecular weight is 265 g/mol. The van der Waals surface area contributed by atoms with Crippen molar-refractivity contribution < 1.29 is 4.42 Å². The van der Waals surface area contributed by atoms with Crippen LogP contribution in [-0.2, 0) is 6.42 Å². The van der Waals surface area contributed by atoms with E-state index in [9.17, 15) is 0 Å². The van der Waals surface area contributed by atoms with E-state index >= 15 is 0 Å². The molecule has 0 aliphatic rings. The molecule has 2 aromatic rings. The molecule has 0 radical (unpaired) electrons. The van der Waals surface area contributed by atoms with E-state index in [1.807, 2.05) is 0 Å². The molecule has 0 aromatic carbocycles. The first kappa shape index (κ1) is 13.2. The summed E-state index contributed by atoms with van der Waals surface area (Å²) in [5, 5.41) is 11.5. The van der Waals surface area contributed by atoms with Crippen molar-refractivity contribution in [3.63, 3.8) is 0 Å². The summed E-state index contributed by atoms with van der Waals surface area (Å²) in [4.78, 5) is 2.36. The molecule has 0 saturated carbocycles.